The first-order chi connectivity index (χ1) is 13.7. The highest BCUT2D eigenvalue weighted by Gasteiger charge is 2.43. The molecule has 0 unspecified atom stereocenters. The summed E-state index contributed by atoms with van der Waals surface area (Å²) in [6, 6.07) is 4.36. The predicted octanol–water partition coefficient (Wildman–Crippen LogP) is 1.30. The molecule has 1 saturated heterocycles. The third-order valence-electron chi connectivity index (χ3n) is 4.24. The van der Waals surface area contributed by atoms with Crippen LogP contribution in [0.15, 0.2) is 18.2 Å². The van der Waals surface area contributed by atoms with Crippen LogP contribution in [-0.2, 0) is 19.1 Å². The van der Waals surface area contributed by atoms with Crippen molar-refractivity contribution in [2.24, 2.45) is 0 Å². The van der Waals surface area contributed by atoms with Gasteiger partial charge >= 0.3 is 12.0 Å². The summed E-state index contributed by atoms with van der Waals surface area (Å²) >= 11 is 0. The van der Waals surface area contributed by atoms with Gasteiger partial charge in [-0.2, -0.15) is 0 Å². The molecule has 158 valence electrons. The fraction of sp³-hybridized carbons (Fsp3) is 0.474. The van der Waals surface area contributed by atoms with E-state index in [1.54, 1.807) is 32.0 Å². The number of amides is 4. The van der Waals surface area contributed by atoms with E-state index in [1.165, 1.54) is 14.2 Å². The number of carbonyl (C=O) groups excluding carboxylic acids is 4. The minimum absolute atomic E-state index is 0.0267. The molecule has 1 fully saturated rings. The Kier molecular flexibility index (Phi) is 7.03. The van der Waals surface area contributed by atoms with Crippen LogP contribution in [0.2, 0.25) is 0 Å². The summed E-state index contributed by atoms with van der Waals surface area (Å²) in [6.45, 7) is 2.86. The Morgan fingerprint density at radius 2 is 1.83 bits per heavy atom. The molecule has 2 rings (SSSR count). The number of urea groups is 1. The summed E-state index contributed by atoms with van der Waals surface area (Å²) in [5, 5.41) is 5.15. The molecule has 2 N–H and O–H groups in total. The van der Waals surface area contributed by atoms with Gasteiger partial charge in [0.2, 0.25) is 0 Å². The Bertz CT molecular complexity index is 807. The van der Waals surface area contributed by atoms with Gasteiger partial charge in [0.25, 0.3) is 11.8 Å². The van der Waals surface area contributed by atoms with Gasteiger partial charge in [-0.15, -0.1) is 0 Å². The number of imide groups is 1. The normalized spacial score (nSPS) is 15.0. The molecule has 0 saturated carbocycles. The van der Waals surface area contributed by atoms with Crippen LogP contribution in [0.3, 0.4) is 0 Å². The first kappa shape index (κ1) is 22.0. The standard InChI is InChI=1S/C19H25N3O7/c1-19(2)17(25)22(18(26)21-19)9-5-6-16(24)29-11-15(23)20-12-7-8-13(27-3)14(10-12)28-4/h7-8,10H,5-6,9,11H2,1-4H3,(H,20,23)(H,21,26). The number of benzene rings is 1. The van der Waals surface area contributed by atoms with Crippen LogP contribution in [0.25, 0.3) is 0 Å². The number of ether oxygens (including phenoxy) is 3. The maximum atomic E-state index is 12.0. The molecule has 0 aliphatic carbocycles. The molecule has 1 aliphatic heterocycles. The van der Waals surface area contributed by atoms with E-state index in [0.717, 1.165) is 4.90 Å². The van der Waals surface area contributed by atoms with Crippen LogP contribution in [0.4, 0.5) is 10.5 Å². The minimum atomic E-state index is -0.945. The zero-order valence-electron chi connectivity index (χ0n) is 16.9. The first-order valence-corrected chi connectivity index (χ1v) is 8.99. The van der Waals surface area contributed by atoms with Crippen molar-refractivity contribution in [1.82, 2.24) is 10.2 Å². The highest BCUT2D eigenvalue weighted by molar-refractivity contribution is 6.06. The van der Waals surface area contributed by atoms with E-state index in [0.29, 0.717) is 17.2 Å². The molecule has 29 heavy (non-hydrogen) atoms. The number of hydrogen-bond acceptors (Lipinski definition) is 7. The average molecular weight is 407 g/mol. The Labute approximate surface area is 168 Å². The Hall–Kier alpha value is -3.30. The van der Waals surface area contributed by atoms with Gasteiger partial charge in [-0.3, -0.25) is 19.3 Å². The van der Waals surface area contributed by atoms with Crippen molar-refractivity contribution < 1.29 is 33.4 Å². The lowest BCUT2D eigenvalue weighted by Crippen LogP contribution is -2.40. The number of methoxy groups -OCH3 is 2. The quantitative estimate of drug-likeness (QED) is 0.467. The van der Waals surface area contributed by atoms with E-state index in [1.807, 2.05) is 0 Å². The molecule has 1 aliphatic rings. The third kappa shape index (κ3) is 5.59. The number of hydrogen-bond donors (Lipinski definition) is 2. The van der Waals surface area contributed by atoms with Crippen molar-refractivity contribution in [3.05, 3.63) is 18.2 Å². The lowest BCUT2D eigenvalue weighted by molar-refractivity contribution is -0.147. The molecule has 0 spiro atoms. The molecule has 1 heterocycles. The topological polar surface area (TPSA) is 123 Å². The van der Waals surface area contributed by atoms with Gasteiger partial charge in [0, 0.05) is 24.7 Å². The van der Waals surface area contributed by atoms with Crippen LogP contribution < -0.4 is 20.1 Å². The number of nitrogens with one attached hydrogen (secondary N) is 2. The minimum Gasteiger partial charge on any atom is -0.493 e. The van der Waals surface area contributed by atoms with Gasteiger partial charge in [-0.25, -0.2) is 4.79 Å². The summed E-state index contributed by atoms with van der Waals surface area (Å²) in [5.41, 5.74) is -0.482. The number of rotatable bonds is 9. The fourth-order valence-electron chi connectivity index (χ4n) is 2.73. The number of anilines is 1. The summed E-state index contributed by atoms with van der Waals surface area (Å²) < 4.78 is 15.2. The Morgan fingerprint density at radius 3 is 2.41 bits per heavy atom. The van der Waals surface area contributed by atoms with Crippen LogP contribution in [-0.4, -0.2) is 61.6 Å². The Balaban J connectivity index is 1.73. The van der Waals surface area contributed by atoms with Gasteiger partial charge in [-0.05, 0) is 32.4 Å². The molecule has 4 amide bonds. The molecule has 0 atom stereocenters. The smallest absolute Gasteiger partial charge is 0.325 e. The van der Waals surface area contributed by atoms with Gasteiger partial charge in [0.15, 0.2) is 18.1 Å². The second-order valence-electron chi connectivity index (χ2n) is 6.89. The van der Waals surface area contributed by atoms with Crippen molar-refractivity contribution in [2.75, 3.05) is 32.7 Å². The number of nitrogens with zero attached hydrogens (tertiary/aromatic N) is 1. The first-order valence-electron chi connectivity index (χ1n) is 8.99. The van der Waals surface area contributed by atoms with Crippen LogP contribution in [0.1, 0.15) is 26.7 Å². The molecular weight excluding hydrogens is 382 g/mol. The van der Waals surface area contributed by atoms with E-state index in [-0.39, 0.29) is 25.3 Å². The zero-order valence-corrected chi connectivity index (χ0v) is 16.9. The van der Waals surface area contributed by atoms with Crippen molar-refractivity contribution >= 4 is 29.5 Å². The maximum Gasteiger partial charge on any atom is 0.325 e. The fourth-order valence-corrected chi connectivity index (χ4v) is 2.73. The largest absolute Gasteiger partial charge is 0.493 e. The van der Waals surface area contributed by atoms with E-state index in [4.69, 9.17) is 14.2 Å². The molecular formula is C19H25N3O7. The molecule has 0 aromatic heterocycles. The second-order valence-corrected chi connectivity index (χ2v) is 6.89. The van der Waals surface area contributed by atoms with Crippen LogP contribution in [0.5, 0.6) is 11.5 Å². The van der Waals surface area contributed by atoms with Crippen molar-refractivity contribution in [1.29, 1.82) is 0 Å². The van der Waals surface area contributed by atoms with Gasteiger partial charge in [0.05, 0.1) is 14.2 Å². The van der Waals surface area contributed by atoms with Gasteiger partial charge < -0.3 is 24.8 Å². The molecule has 0 radical (unpaired) electrons. The third-order valence-corrected chi connectivity index (χ3v) is 4.24. The van der Waals surface area contributed by atoms with Gasteiger partial charge in [0.1, 0.15) is 5.54 Å². The molecule has 10 nitrogen and oxygen atoms in total. The van der Waals surface area contributed by atoms with E-state index in [2.05, 4.69) is 10.6 Å². The second kappa shape index (κ2) is 9.26. The van der Waals surface area contributed by atoms with Crippen molar-refractivity contribution in [3.63, 3.8) is 0 Å². The maximum absolute atomic E-state index is 12.0. The average Bonchev–Trinajstić information content (AvgIpc) is 2.87. The van der Waals surface area contributed by atoms with E-state index in [9.17, 15) is 19.2 Å². The van der Waals surface area contributed by atoms with Crippen molar-refractivity contribution in [2.45, 2.75) is 32.2 Å². The highest BCUT2D eigenvalue weighted by Crippen LogP contribution is 2.29. The van der Waals surface area contributed by atoms with E-state index < -0.39 is 30.1 Å². The van der Waals surface area contributed by atoms with Crippen LogP contribution in [0, 0.1) is 0 Å². The van der Waals surface area contributed by atoms with Gasteiger partial charge in [-0.1, -0.05) is 0 Å². The monoisotopic (exact) mass is 407 g/mol. The molecule has 0 bridgehead atoms. The molecule has 1 aromatic rings. The summed E-state index contributed by atoms with van der Waals surface area (Å²) in [4.78, 5) is 48.6. The zero-order chi connectivity index (χ0) is 21.6. The summed E-state index contributed by atoms with van der Waals surface area (Å²) in [5.74, 6) is -0.484. The van der Waals surface area contributed by atoms with E-state index >= 15 is 0 Å². The lowest BCUT2D eigenvalue weighted by atomic mass is 10.1. The Morgan fingerprint density at radius 1 is 1.14 bits per heavy atom. The summed E-state index contributed by atoms with van der Waals surface area (Å²) in [7, 11) is 2.98. The summed E-state index contributed by atoms with van der Waals surface area (Å²) in [6.07, 6.45) is 0.215. The molecule has 1 aromatic carbocycles. The highest BCUT2D eigenvalue weighted by atomic mass is 16.5. The number of esters is 1. The lowest BCUT2D eigenvalue weighted by Gasteiger charge is -2.15. The van der Waals surface area contributed by atoms with Crippen LogP contribution >= 0.6 is 0 Å². The SMILES string of the molecule is COc1ccc(NC(=O)COC(=O)CCCN2C(=O)NC(C)(C)C2=O)cc1OC. The molecule has 10 heteroatoms. The predicted molar refractivity (Wildman–Crippen MR) is 103 cm³/mol. The van der Waals surface area contributed by atoms with Crippen molar-refractivity contribution in [3.8, 4) is 11.5 Å². The number of carbonyl (C=O) groups is 4.